The van der Waals surface area contributed by atoms with E-state index in [1.165, 1.54) is 16.8 Å². The lowest BCUT2D eigenvalue weighted by Gasteiger charge is -2.37. The first kappa shape index (κ1) is 19.8. The Morgan fingerprint density at radius 1 is 0.839 bits per heavy atom. The number of benzene rings is 2. The van der Waals surface area contributed by atoms with Crippen LogP contribution in [0.3, 0.4) is 0 Å². The third-order valence-electron chi connectivity index (χ3n) is 5.81. The Kier molecular flexibility index (Phi) is 5.02. The van der Waals surface area contributed by atoms with Crippen molar-refractivity contribution < 1.29 is 0 Å². The quantitative estimate of drug-likeness (QED) is 0.469. The molecule has 1 aliphatic rings. The van der Waals surface area contributed by atoms with Gasteiger partial charge >= 0.3 is 0 Å². The fourth-order valence-corrected chi connectivity index (χ4v) is 4.37. The molecule has 0 atom stereocenters. The van der Waals surface area contributed by atoms with Crippen LogP contribution < -0.4 is 9.80 Å². The molecule has 31 heavy (non-hydrogen) atoms. The van der Waals surface area contributed by atoms with Crippen LogP contribution in [-0.2, 0) is 0 Å². The number of rotatable bonds is 3. The number of aromatic nitrogens is 4. The zero-order chi connectivity index (χ0) is 21.5. The summed E-state index contributed by atoms with van der Waals surface area (Å²) in [4.78, 5) is 14.1. The number of piperazine rings is 1. The molecular weight excluding hydrogens is 408 g/mol. The summed E-state index contributed by atoms with van der Waals surface area (Å²) in [6.07, 6.45) is 0. The van der Waals surface area contributed by atoms with E-state index in [4.69, 9.17) is 21.7 Å². The van der Waals surface area contributed by atoms with E-state index in [-0.39, 0.29) is 0 Å². The highest BCUT2D eigenvalue weighted by Gasteiger charge is 2.22. The van der Waals surface area contributed by atoms with Crippen LogP contribution in [0, 0.1) is 20.8 Å². The topological polar surface area (TPSA) is 49.6 Å². The molecule has 2 aromatic heterocycles. The van der Waals surface area contributed by atoms with Gasteiger partial charge in [-0.3, -0.25) is 0 Å². The maximum atomic E-state index is 6.24. The predicted octanol–water partition coefficient (Wildman–Crippen LogP) is 4.70. The van der Waals surface area contributed by atoms with Crippen molar-refractivity contribution >= 4 is 28.9 Å². The minimum Gasteiger partial charge on any atom is -0.368 e. The maximum absolute atomic E-state index is 6.24. The highest BCUT2D eigenvalue weighted by molar-refractivity contribution is 6.30. The van der Waals surface area contributed by atoms with E-state index in [0.29, 0.717) is 11.6 Å². The summed E-state index contributed by atoms with van der Waals surface area (Å²) in [5.74, 6) is 2.38. The second kappa shape index (κ2) is 7.85. The summed E-state index contributed by atoms with van der Waals surface area (Å²) in [6, 6.07) is 16.5. The Hall–Kier alpha value is -3.12. The second-order valence-corrected chi connectivity index (χ2v) is 8.61. The molecule has 5 rings (SSSR count). The van der Waals surface area contributed by atoms with Gasteiger partial charge in [0.05, 0.1) is 0 Å². The molecule has 0 saturated carbocycles. The van der Waals surface area contributed by atoms with Crippen LogP contribution in [0.2, 0.25) is 5.02 Å². The molecule has 1 aliphatic heterocycles. The molecule has 3 heterocycles. The molecule has 0 bridgehead atoms. The third-order valence-corrected chi connectivity index (χ3v) is 6.05. The average molecular weight is 433 g/mol. The standard InChI is InChI=1S/C24H25ClN6/c1-16-5-4-6-19(13-16)23-27-24-26-18(3)14-22(31(24)28-23)30-11-9-29(10-12-30)21-15-20(25)8-7-17(21)2/h4-8,13-15H,9-12H2,1-3H3. The molecule has 158 valence electrons. The Morgan fingerprint density at radius 3 is 2.39 bits per heavy atom. The Morgan fingerprint density at radius 2 is 1.61 bits per heavy atom. The van der Waals surface area contributed by atoms with Crippen LogP contribution in [-0.4, -0.2) is 45.8 Å². The molecule has 0 spiro atoms. The van der Waals surface area contributed by atoms with E-state index >= 15 is 0 Å². The van der Waals surface area contributed by atoms with Crippen LogP contribution in [0.15, 0.2) is 48.5 Å². The summed E-state index contributed by atoms with van der Waals surface area (Å²) in [5.41, 5.74) is 5.60. The van der Waals surface area contributed by atoms with E-state index < -0.39 is 0 Å². The van der Waals surface area contributed by atoms with Crippen molar-refractivity contribution in [3.05, 3.63) is 70.4 Å². The second-order valence-electron chi connectivity index (χ2n) is 8.18. The van der Waals surface area contributed by atoms with Crippen LogP contribution in [0.25, 0.3) is 17.2 Å². The number of anilines is 2. The molecular formula is C24H25ClN6. The first-order valence-electron chi connectivity index (χ1n) is 10.6. The minimum absolute atomic E-state index is 0.639. The lowest BCUT2D eigenvalue weighted by atomic mass is 10.1. The van der Waals surface area contributed by atoms with Gasteiger partial charge in [-0.05, 0) is 44.5 Å². The number of aryl methyl sites for hydroxylation is 3. The smallest absolute Gasteiger partial charge is 0.254 e. The molecule has 0 amide bonds. The molecule has 0 unspecified atom stereocenters. The lowest BCUT2D eigenvalue weighted by Crippen LogP contribution is -2.47. The van der Waals surface area contributed by atoms with Crippen LogP contribution >= 0.6 is 11.6 Å². The molecule has 1 fully saturated rings. The Balaban J connectivity index is 1.45. The number of hydrogen-bond donors (Lipinski definition) is 0. The van der Waals surface area contributed by atoms with Crippen molar-refractivity contribution in [1.82, 2.24) is 19.6 Å². The van der Waals surface area contributed by atoms with Crippen molar-refractivity contribution in [2.45, 2.75) is 20.8 Å². The van der Waals surface area contributed by atoms with Crippen molar-refractivity contribution in [3.8, 4) is 11.4 Å². The average Bonchev–Trinajstić information content (AvgIpc) is 3.19. The van der Waals surface area contributed by atoms with Gasteiger partial charge in [0.1, 0.15) is 5.82 Å². The monoisotopic (exact) mass is 432 g/mol. The van der Waals surface area contributed by atoms with Gasteiger partial charge in [0, 0.05) is 54.2 Å². The van der Waals surface area contributed by atoms with Crippen LogP contribution in [0.1, 0.15) is 16.8 Å². The van der Waals surface area contributed by atoms with Crippen LogP contribution in [0.4, 0.5) is 11.5 Å². The van der Waals surface area contributed by atoms with Crippen molar-refractivity contribution in [3.63, 3.8) is 0 Å². The fraction of sp³-hybridized carbons (Fsp3) is 0.292. The van der Waals surface area contributed by atoms with Gasteiger partial charge in [-0.1, -0.05) is 41.4 Å². The lowest BCUT2D eigenvalue weighted by molar-refractivity contribution is 0.637. The highest BCUT2D eigenvalue weighted by Crippen LogP contribution is 2.27. The summed E-state index contributed by atoms with van der Waals surface area (Å²) >= 11 is 6.24. The number of halogens is 1. The molecule has 6 nitrogen and oxygen atoms in total. The fourth-order valence-electron chi connectivity index (χ4n) is 4.20. The van der Waals surface area contributed by atoms with E-state index in [9.17, 15) is 0 Å². The van der Waals surface area contributed by atoms with Gasteiger partial charge in [-0.15, -0.1) is 5.10 Å². The first-order valence-corrected chi connectivity index (χ1v) is 10.9. The minimum atomic E-state index is 0.639. The van der Waals surface area contributed by atoms with Crippen molar-refractivity contribution in [1.29, 1.82) is 0 Å². The molecule has 0 N–H and O–H groups in total. The summed E-state index contributed by atoms with van der Waals surface area (Å²) in [6.45, 7) is 9.85. The van der Waals surface area contributed by atoms with Crippen LogP contribution in [0.5, 0.6) is 0 Å². The number of fused-ring (bicyclic) bond motifs is 1. The Labute approximate surface area is 187 Å². The number of nitrogens with zero attached hydrogens (tertiary/aromatic N) is 6. The van der Waals surface area contributed by atoms with Gasteiger partial charge in [-0.25, -0.2) is 4.98 Å². The number of hydrogen-bond acceptors (Lipinski definition) is 5. The van der Waals surface area contributed by atoms with Crippen molar-refractivity contribution in [2.75, 3.05) is 36.0 Å². The van der Waals surface area contributed by atoms with E-state index in [2.05, 4.69) is 59.0 Å². The summed E-state index contributed by atoms with van der Waals surface area (Å²) < 4.78 is 1.88. The molecule has 0 radical (unpaired) electrons. The highest BCUT2D eigenvalue weighted by atomic mass is 35.5. The normalized spacial score (nSPS) is 14.5. The molecule has 0 aliphatic carbocycles. The maximum Gasteiger partial charge on any atom is 0.254 e. The van der Waals surface area contributed by atoms with Gasteiger partial charge in [0.25, 0.3) is 5.78 Å². The molecule has 1 saturated heterocycles. The molecule has 2 aromatic carbocycles. The largest absolute Gasteiger partial charge is 0.368 e. The SMILES string of the molecule is Cc1cccc(-c2nc3nc(C)cc(N4CCN(c5cc(Cl)ccc5C)CC4)n3n2)c1. The van der Waals surface area contributed by atoms with Gasteiger partial charge < -0.3 is 9.80 Å². The van der Waals surface area contributed by atoms with E-state index in [1.807, 2.05) is 29.6 Å². The zero-order valence-electron chi connectivity index (χ0n) is 18.0. The predicted molar refractivity (Wildman–Crippen MR) is 126 cm³/mol. The van der Waals surface area contributed by atoms with Crippen molar-refractivity contribution in [2.24, 2.45) is 0 Å². The zero-order valence-corrected chi connectivity index (χ0v) is 18.8. The van der Waals surface area contributed by atoms with Gasteiger partial charge in [0.2, 0.25) is 0 Å². The van der Waals surface area contributed by atoms with Gasteiger partial charge in [-0.2, -0.15) is 9.50 Å². The molecule has 7 heteroatoms. The first-order chi connectivity index (χ1) is 15.0. The van der Waals surface area contributed by atoms with Gasteiger partial charge in [0.15, 0.2) is 5.82 Å². The van der Waals surface area contributed by atoms with E-state index in [0.717, 1.165) is 48.3 Å². The Bertz CT molecular complexity index is 1260. The summed E-state index contributed by atoms with van der Waals surface area (Å²) in [5, 5.41) is 5.59. The third kappa shape index (κ3) is 3.83. The van der Waals surface area contributed by atoms with E-state index in [1.54, 1.807) is 0 Å². The summed E-state index contributed by atoms with van der Waals surface area (Å²) in [7, 11) is 0. The molecule has 4 aromatic rings.